The molecule has 0 aromatic carbocycles. The van der Waals surface area contributed by atoms with Crippen LogP contribution in [0, 0.1) is 0 Å². The molecule has 0 heterocycles. The van der Waals surface area contributed by atoms with Crippen molar-refractivity contribution in [3.63, 3.8) is 0 Å². The highest BCUT2D eigenvalue weighted by Gasteiger charge is 2.21. The van der Waals surface area contributed by atoms with Crippen molar-refractivity contribution in [1.29, 1.82) is 0 Å². The van der Waals surface area contributed by atoms with Crippen molar-refractivity contribution in [2.45, 2.75) is 37.8 Å². The number of aliphatic hydroxyl groups is 1. The van der Waals surface area contributed by atoms with Gasteiger partial charge in [0, 0.05) is 12.6 Å². The quantitative estimate of drug-likeness (QED) is 0.553. The molecular weight excluding hydrogens is 180 g/mol. The van der Waals surface area contributed by atoms with Crippen LogP contribution in [0.4, 0.5) is 0 Å². The van der Waals surface area contributed by atoms with E-state index in [1.54, 1.807) is 6.08 Å². The van der Waals surface area contributed by atoms with Crippen molar-refractivity contribution >= 4 is 5.91 Å². The number of primary amides is 1. The van der Waals surface area contributed by atoms with E-state index in [1.807, 2.05) is 0 Å². The Kier molecular flexibility index (Phi) is 4.62. The molecule has 4 nitrogen and oxygen atoms in total. The molecule has 0 bridgehead atoms. The zero-order chi connectivity index (χ0) is 10.4. The van der Waals surface area contributed by atoms with E-state index in [9.17, 15) is 9.90 Å². The van der Waals surface area contributed by atoms with Crippen LogP contribution in [0.2, 0.25) is 0 Å². The molecule has 2 atom stereocenters. The van der Waals surface area contributed by atoms with Gasteiger partial charge in [-0.1, -0.05) is 18.9 Å². The zero-order valence-corrected chi connectivity index (χ0v) is 8.28. The molecule has 0 radical (unpaired) electrons. The molecule has 0 spiro atoms. The number of nitrogens with two attached hydrogens (primary N) is 1. The molecule has 1 rings (SSSR count). The van der Waals surface area contributed by atoms with Gasteiger partial charge in [0.1, 0.15) is 0 Å². The van der Waals surface area contributed by atoms with Crippen molar-refractivity contribution in [3.05, 3.63) is 12.2 Å². The van der Waals surface area contributed by atoms with E-state index in [-0.39, 0.29) is 12.1 Å². The third-order valence-electron chi connectivity index (χ3n) is 2.51. The van der Waals surface area contributed by atoms with Crippen molar-refractivity contribution in [3.8, 4) is 0 Å². The molecule has 14 heavy (non-hydrogen) atoms. The first-order chi connectivity index (χ1) is 6.70. The van der Waals surface area contributed by atoms with E-state index < -0.39 is 5.91 Å². The molecule has 0 aromatic heterocycles. The second-order valence-electron chi connectivity index (χ2n) is 3.67. The molecule has 1 fully saturated rings. The van der Waals surface area contributed by atoms with Gasteiger partial charge in [-0.15, -0.1) is 0 Å². The average Bonchev–Trinajstić information content (AvgIpc) is 2.15. The summed E-state index contributed by atoms with van der Waals surface area (Å²) in [5.74, 6) is -0.434. The van der Waals surface area contributed by atoms with Crippen LogP contribution in [-0.2, 0) is 4.79 Å². The number of amides is 1. The van der Waals surface area contributed by atoms with E-state index in [4.69, 9.17) is 5.73 Å². The summed E-state index contributed by atoms with van der Waals surface area (Å²) in [5.41, 5.74) is 4.94. The maximum absolute atomic E-state index is 10.4. The molecule has 4 heteroatoms. The lowest BCUT2D eigenvalue weighted by atomic mass is 9.93. The van der Waals surface area contributed by atoms with E-state index in [0.29, 0.717) is 6.54 Å². The van der Waals surface area contributed by atoms with Gasteiger partial charge in [-0.3, -0.25) is 4.79 Å². The van der Waals surface area contributed by atoms with Gasteiger partial charge in [0.15, 0.2) is 0 Å². The Morgan fingerprint density at radius 3 is 2.86 bits per heavy atom. The lowest BCUT2D eigenvalue weighted by Crippen LogP contribution is -2.42. The van der Waals surface area contributed by atoms with Gasteiger partial charge >= 0.3 is 0 Å². The van der Waals surface area contributed by atoms with Crippen molar-refractivity contribution in [1.82, 2.24) is 5.32 Å². The van der Waals surface area contributed by atoms with Crippen molar-refractivity contribution in [2.75, 3.05) is 6.54 Å². The summed E-state index contributed by atoms with van der Waals surface area (Å²) in [6, 6.07) is 0.168. The number of carbonyl (C=O) groups is 1. The summed E-state index contributed by atoms with van der Waals surface area (Å²) in [7, 11) is 0. The first kappa shape index (κ1) is 11.2. The fraction of sp³-hybridized carbons (Fsp3) is 0.700. The van der Waals surface area contributed by atoms with Gasteiger partial charge in [0.2, 0.25) is 5.91 Å². The smallest absolute Gasteiger partial charge is 0.241 e. The molecule has 0 saturated heterocycles. The van der Waals surface area contributed by atoms with Gasteiger partial charge in [-0.2, -0.15) is 0 Å². The Balaban J connectivity index is 2.19. The predicted octanol–water partition coefficient (Wildman–Crippen LogP) is -0.0790. The summed E-state index contributed by atoms with van der Waals surface area (Å²) >= 11 is 0. The van der Waals surface area contributed by atoms with Gasteiger partial charge < -0.3 is 16.2 Å². The molecule has 1 amide bonds. The SMILES string of the molecule is NC(=O)C=CCNC1CCCCC1O. The monoisotopic (exact) mass is 198 g/mol. The fourth-order valence-electron chi connectivity index (χ4n) is 1.74. The maximum atomic E-state index is 10.4. The molecular formula is C10H18N2O2. The standard InChI is InChI=1S/C10H18N2O2/c11-10(14)6-3-7-12-8-4-1-2-5-9(8)13/h3,6,8-9,12-13H,1-2,4-5,7H2,(H2,11,14). The first-order valence-corrected chi connectivity index (χ1v) is 5.07. The molecule has 1 aliphatic rings. The third kappa shape index (κ3) is 3.89. The largest absolute Gasteiger partial charge is 0.392 e. The average molecular weight is 198 g/mol. The van der Waals surface area contributed by atoms with Gasteiger partial charge in [-0.05, 0) is 18.9 Å². The molecule has 2 unspecified atom stereocenters. The Morgan fingerprint density at radius 2 is 2.21 bits per heavy atom. The van der Waals surface area contributed by atoms with E-state index in [0.717, 1.165) is 25.7 Å². The van der Waals surface area contributed by atoms with Crippen LogP contribution >= 0.6 is 0 Å². The summed E-state index contributed by atoms with van der Waals surface area (Å²) in [6.07, 6.45) is 6.92. The highest BCUT2D eigenvalue weighted by atomic mass is 16.3. The Bertz CT molecular complexity index is 216. The number of nitrogens with one attached hydrogen (secondary N) is 1. The Morgan fingerprint density at radius 1 is 1.50 bits per heavy atom. The molecule has 80 valence electrons. The molecule has 4 N–H and O–H groups in total. The minimum absolute atomic E-state index is 0.168. The molecule has 1 aliphatic carbocycles. The van der Waals surface area contributed by atoms with Crippen LogP contribution in [0.25, 0.3) is 0 Å². The fourth-order valence-corrected chi connectivity index (χ4v) is 1.74. The predicted molar refractivity (Wildman–Crippen MR) is 54.6 cm³/mol. The van der Waals surface area contributed by atoms with Crippen LogP contribution in [-0.4, -0.2) is 29.7 Å². The maximum Gasteiger partial charge on any atom is 0.241 e. The van der Waals surface area contributed by atoms with Crippen LogP contribution in [0.5, 0.6) is 0 Å². The van der Waals surface area contributed by atoms with E-state index >= 15 is 0 Å². The van der Waals surface area contributed by atoms with E-state index in [2.05, 4.69) is 5.32 Å². The molecule has 1 saturated carbocycles. The number of carbonyl (C=O) groups excluding carboxylic acids is 1. The van der Waals surface area contributed by atoms with Crippen LogP contribution in [0.1, 0.15) is 25.7 Å². The normalized spacial score (nSPS) is 28.1. The minimum atomic E-state index is -0.434. The third-order valence-corrected chi connectivity index (χ3v) is 2.51. The number of hydrogen-bond acceptors (Lipinski definition) is 3. The van der Waals surface area contributed by atoms with E-state index in [1.165, 1.54) is 6.08 Å². The summed E-state index contributed by atoms with van der Waals surface area (Å²) < 4.78 is 0. The lowest BCUT2D eigenvalue weighted by molar-refractivity contribution is -0.113. The highest BCUT2D eigenvalue weighted by molar-refractivity contribution is 5.85. The minimum Gasteiger partial charge on any atom is -0.392 e. The number of aliphatic hydroxyl groups excluding tert-OH is 1. The van der Waals surface area contributed by atoms with Gasteiger partial charge in [-0.25, -0.2) is 0 Å². The zero-order valence-electron chi connectivity index (χ0n) is 8.28. The Hall–Kier alpha value is -0.870. The lowest BCUT2D eigenvalue weighted by Gasteiger charge is -2.27. The summed E-state index contributed by atoms with van der Waals surface area (Å²) in [6.45, 7) is 0.588. The number of hydrogen-bond donors (Lipinski definition) is 3. The summed E-state index contributed by atoms with van der Waals surface area (Å²) in [5, 5.41) is 12.8. The van der Waals surface area contributed by atoms with Crippen molar-refractivity contribution < 1.29 is 9.90 Å². The van der Waals surface area contributed by atoms with Crippen molar-refractivity contribution in [2.24, 2.45) is 5.73 Å². The highest BCUT2D eigenvalue weighted by Crippen LogP contribution is 2.17. The Labute approximate surface area is 84.2 Å². The van der Waals surface area contributed by atoms with Gasteiger partial charge in [0.05, 0.1) is 6.10 Å². The van der Waals surface area contributed by atoms with Gasteiger partial charge in [0.25, 0.3) is 0 Å². The van der Waals surface area contributed by atoms with Crippen LogP contribution in [0.15, 0.2) is 12.2 Å². The second kappa shape index (κ2) is 5.78. The van der Waals surface area contributed by atoms with Crippen LogP contribution in [0.3, 0.4) is 0 Å². The first-order valence-electron chi connectivity index (χ1n) is 5.07. The second-order valence-corrected chi connectivity index (χ2v) is 3.67. The summed E-state index contributed by atoms with van der Waals surface area (Å²) in [4.78, 5) is 10.4. The van der Waals surface area contributed by atoms with Crippen LogP contribution < -0.4 is 11.1 Å². The molecule has 0 aromatic rings. The molecule has 0 aliphatic heterocycles. The number of rotatable bonds is 4. The topological polar surface area (TPSA) is 75.4 Å².